The van der Waals surface area contributed by atoms with E-state index in [1.54, 1.807) is 0 Å². The minimum absolute atomic E-state index is 0.650. The highest BCUT2D eigenvalue weighted by Gasteiger charge is 2.27. The summed E-state index contributed by atoms with van der Waals surface area (Å²) in [5.41, 5.74) is 5.63. The van der Waals surface area contributed by atoms with Gasteiger partial charge < -0.3 is 11.1 Å². The van der Waals surface area contributed by atoms with Gasteiger partial charge in [0, 0.05) is 24.0 Å². The Morgan fingerprint density at radius 1 is 1.47 bits per heavy atom. The molecule has 0 amide bonds. The van der Waals surface area contributed by atoms with Gasteiger partial charge in [0.05, 0.1) is 0 Å². The number of rotatable bonds is 8. The highest BCUT2D eigenvalue weighted by Crippen LogP contribution is 2.39. The molecule has 1 fully saturated rings. The van der Waals surface area contributed by atoms with E-state index in [2.05, 4.69) is 21.6 Å². The molecule has 2 rings (SSSR count). The van der Waals surface area contributed by atoms with Crippen molar-refractivity contribution in [1.82, 2.24) is 9.36 Å². The molecule has 1 aromatic rings. The molecule has 1 aromatic heterocycles. The van der Waals surface area contributed by atoms with E-state index >= 15 is 0 Å². The molecule has 1 heterocycles. The second-order valence-electron chi connectivity index (χ2n) is 4.84. The van der Waals surface area contributed by atoms with Gasteiger partial charge in [-0.05, 0) is 38.1 Å². The fourth-order valence-electron chi connectivity index (χ4n) is 2.04. The minimum Gasteiger partial charge on any atom is -0.360 e. The van der Waals surface area contributed by atoms with Gasteiger partial charge in [-0.15, -0.1) is 0 Å². The lowest BCUT2D eigenvalue weighted by Crippen LogP contribution is -2.17. The van der Waals surface area contributed by atoms with Crippen molar-refractivity contribution in [1.29, 1.82) is 0 Å². The third kappa shape index (κ3) is 3.92. The monoisotopic (exact) mass is 254 g/mol. The van der Waals surface area contributed by atoms with Crippen LogP contribution < -0.4 is 11.1 Å². The zero-order valence-electron chi connectivity index (χ0n) is 10.5. The van der Waals surface area contributed by atoms with Crippen LogP contribution in [0.1, 0.15) is 50.8 Å². The molecule has 1 atom stereocenters. The van der Waals surface area contributed by atoms with E-state index in [1.807, 2.05) is 0 Å². The Kier molecular flexibility index (Phi) is 4.74. The Balaban J connectivity index is 1.78. The van der Waals surface area contributed by atoms with Crippen molar-refractivity contribution >= 4 is 16.7 Å². The maximum absolute atomic E-state index is 5.63. The number of nitrogens with one attached hydrogen (secondary N) is 1. The molecule has 1 aliphatic rings. The first-order valence-electron chi connectivity index (χ1n) is 6.61. The Bertz CT molecular complexity index is 329. The first-order chi connectivity index (χ1) is 8.33. The summed E-state index contributed by atoms with van der Waals surface area (Å²) in [5, 5.41) is 4.38. The van der Waals surface area contributed by atoms with Crippen LogP contribution >= 0.6 is 11.5 Å². The summed E-state index contributed by atoms with van der Waals surface area (Å²) in [6, 6.07) is 0. The van der Waals surface area contributed by atoms with E-state index in [0.29, 0.717) is 11.8 Å². The maximum Gasteiger partial charge on any atom is 0.202 e. The van der Waals surface area contributed by atoms with Crippen LogP contribution in [0.15, 0.2) is 0 Å². The van der Waals surface area contributed by atoms with Gasteiger partial charge in [-0.2, -0.15) is 4.37 Å². The van der Waals surface area contributed by atoms with Crippen molar-refractivity contribution in [3.05, 3.63) is 5.82 Å². The second kappa shape index (κ2) is 6.31. The lowest BCUT2D eigenvalue weighted by molar-refractivity contribution is 0.473. The van der Waals surface area contributed by atoms with Crippen LogP contribution in [-0.2, 0) is 0 Å². The van der Waals surface area contributed by atoms with E-state index in [1.165, 1.54) is 37.2 Å². The molecule has 3 N–H and O–H groups in total. The Hall–Kier alpha value is -0.680. The van der Waals surface area contributed by atoms with Crippen LogP contribution in [0.25, 0.3) is 0 Å². The number of anilines is 1. The molecule has 0 saturated heterocycles. The van der Waals surface area contributed by atoms with Crippen molar-refractivity contribution in [2.75, 3.05) is 18.4 Å². The zero-order chi connectivity index (χ0) is 12.1. The van der Waals surface area contributed by atoms with Gasteiger partial charge in [0.2, 0.25) is 5.13 Å². The van der Waals surface area contributed by atoms with E-state index in [9.17, 15) is 0 Å². The summed E-state index contributed by atoms with van der Waals surface area (Å²) in [6.07, 6.45) is 6.08. The third-order valence-electron chi connectivity index (χ3n) is 3.20. The number of hydrogen-bond acceptors (Lipinski definition) is 5. The standard InChI is InChI=1S/C12H22N4S/c1-2-3-9(6-7-13)8-14-12-15-11(16-17-12)10-4-5-10/h9-10H,2-8,13H2,1H3,(H,14,15,16). The Morgan fingerprint density at radius 2 is 2.29 bits per heavy atom. The van der Waals surface area contributed by atoms with Crippen LogP contribution in [0.3, 0.4) is 0 Å². The van der Waals surface area contributed by atoms with Crippen LogP contribution in [0.4, 0.5) is 5.13 Å². The molecule has 5 heteroatoms. The molecule has 17 heavy (non-hydrogen) atoms. The maximum atomic E-state index is 5.63. The lowest BCUT2D eigenvalue weighted by Gasteiger charge is -2.14. The van der Waals surface area contributed by atoms with Gasteiger partial charge in [-0.1, -0.05) is 13.3 Å². The third-order valence-corrected chi connectivity index (χ3v) is 3.88. The van der Waals surface area contributed by atoms with Gasteiger partial charge in [-0.25, -0.2) is 4.98 Å². The first kappa shape index (κ1) is 12.8. The quantitative estimate of drug-likeness (QED) is 0.748. The molecule has 0 spiro atoms. The van der Waals surface area contributed by atoms with Crippen LogP contribution in [0.2, 0.25) is 0 Å². The van der Waals surface area contributed by atoms with Gasteiger partial charge in [0.1, 0.15) is 5.82 Å². The molecular weight excluding hydrogens is 232 g/mol. The predicted molar refractivity (Wildman–Crippen MR) is 72.4 cm³/mol. The van der Waals surface area contributed by atoms with Gasteiger partial charge in [0.15, 0.2) is 0 Å². The molecule has 1 unspecified atom stereocenters. The number of hydrogen-bond donors (Lipinski definition) is 2. The van der Waals surface area contributed by atoms with Crippen molar-refractivity contribution in [3.8, 4) is 0 Å². The van der Waals surface area contributed by atoms with E-state index < -0.39 is 0 Å². The average molecular weight is 254 g/mol. The summed E-state index contributed by atoms with van der Waals surface area (Å²) in [6.45, 7) is 3.97. The molecule has 0 radical (unpaired) electrons. The zero-order valence-corrected chi connectivity index (χ0v) is 11.3. The number of aromatic nitrogens is 2. The van der Waals surface area contributed by atoms with E-state index in [-0.39, 0.29) is 0 Å². The number of nitrogens with two attached hydrogens (primary N) is 1. The predicted octanol–water partition coefficient (Wildman–Crippen LogP) is 2.59. The Labute approximate surface area is 107 Å². The summed E-state index contributed by atoms with van der Waals surface area (Å²) < 4.78 is 4.39. The average Bonchev–Trinajstić information content (AvgIpc) is 3.07. The van der Waals surface area contributed by atoms with Crippen LogP contribution in [0.5, 0.6) is 0 Å². The first-order valence-corrected chi connectivity index (χ1v) is 7.38. The topological polar surface area (TPSA) is 63.8 Å². The molecular formula is C12H22N4S. The van der Waals surface area contributed by atoms with Gasteiger partial charge >= 0.3 is 0 Å². The number of nitrogens with zero attached hydrogens (tertiary/aromatic N) is 2. The minimum atomic E-state index is 0.650. The Morgan fingerprint density at radius 3 is 2.94 bits per heavy atom. The molecule has 0 aromatic carbocycles. The van der Waals surface area contributed by atoms with Crippen molar-refractivity contribution in [2.45, 2.75) is 44.9 Å². The molecule has 4 nitrogen and oxygen atoms in total. The van der Waals surface area contributed by atoms with E-state index in [4.69, 9.17) is 5.73 Å². The molecule has 0 aliphatic heterocycles. The highest BCUT2D eigenvalue weighted by molar-refractivity contribution is 7.09. The normalized spacial score (nSPS) is 17.1. The summed E-state index contributed by atoms with van der Waals surface area (Å²) in [7, 11) is 0. The highest BCUT2D eigenvalue weighted by atomic mass is 32.1. The summed E-state index contributed by atoms with van der Waals surface area (Å²) in [4.78, 5) is 4.53. The summed E-state index contributed by atoms with van der Waals surface area (Å²) >= 11 is 1.49. The van der Waals surface area contributed by atoms with Crippen molar-refractivity contribution < 1.29 is 0 Å². The fourth-order valence-corrected chi connectivity index (χ4v) is 2.69. The van der Waals surface area contributed by atoms with E-state index in [0.717, 1.165) is 30.5 Å². The smallest absolute Gasteiger partial charge is 0.202 e. The summed E-state index contributed by atoms with van der Waals surface area (Å²) in [5.74, 6) is 2.36. The fraction of sp³-hybridized carbons (Fsp3) is 0.833. The second-order valence-corrected chi connectivity index (χ2v) is 5.60. The largest absolute Gasteiger partial charge is 0.360 e. The van der Waals surface area contributed by atoms with Crippen molar-refractivity contribution in [3.63, 3.8) is 0 Å². The van der Waals surface area contributed by atoms with Crippen molar-refractivity contribution in [2.24, 2.45) is 11.7 Å². The van der Waals surface area contributed by atoms with Gasteiger partial charge in [-0.3, -0.25) is 0 Å². The lowest BCUT2D eigenvalue weighted by atomic mass is 10.00. The van der Waals surface area contributed by atoms with Crippen LogP contribution in [-0.4, -0.2) is 22.4 Å². The SMILES string of the molecule is CCCC(CCN)CNc1nc(C2CC2)ns1. The van der Waals surface area contributed by atoms with Gasteiger partial charge in [0.25, 0.3) is 0 Å². The molecule has 1 aliphatic carbocycles. The molecule has 96 valence electrons. The molecule has 1 saturated carbocycles. The molecule has 0 bridgehead atoms. The van der Waals surface area contributed by atoms with Crippen LogP contribution in [0, 0.1) is 5.92 Å².